The molecule has 2 N–H and O–H groups in total. The second-order valence-electron chi connectivity index (χ2n) is 6.65. The minimum absolute atomic E-state index is 0.0882. The molecular weight excluding hydrogens is 401 g/mol. The molecule has 1 atom stereocenters. The first-order valence-corrected chi connectivity index (χ1v) is 9.82. The van der Waals surface area contributed by atoms with Crippen LogP contribution in [0.2, 0.25) is 0 Å². The summed E-state index contributed by atoms with van der Waals surface area (Å²) in [4.78, 5) is 16.8. The smallest absolute Gasteiger partial charge is 0.319 e. The molecule has 1 aromatic heterocycles. The van der Waals surface area contributed by atoms with Crippen molar-refractivity contribution < 1.29 is 9.18 Å². The van der Waals surface area contributed by atoms with E-state index in [4.69, 9.17) is 15.5 Å². The van der Waals surface area contributed by atoms with Gasteiger partial charge >= 0.3 is 6.03 Å². The molecule has 0 spiro atoms. The van der Waals surface area contributed by atoms with E-state index < -0.39 is 11.9 Å². The van der Waals surface area contributed by atoms with E-state index in [9.17, 15) is 9.18 Å². The predicted molar refractivity (Wildman–Crippen MR) is 110 cm³/mol. The Labute approximate surface area is 175 Å². The summed E-state index contributed by atoms with van der Waals surface area (Å²) in [6, 6.07) is 14.3. The molecule has 0 saturated carbocycles. The fourth-order valence-corrected chi connectivity index (χ4v) is 4.24. The van der Waals surface area contributed by atoms with E-state index in [1.807, 2.05) is 23.6 Å². The number of aromatic nitrogens is 1. The van der Waals surface area contributed by atoms with Gasteiger partial charge in [-0.1, -0.05) is 18.2 Å². The van der Waals surface area contributed by atoms with Crippen LogP contribution in [0.1, 0.15) is 34.7 Å². The number of carbonyl (C=O) groups excluding carboxylic acids is 1. The third-order valence-electron chi connectivity index (χ3n) is 4.76. The zero-order valence-corrected chi connectivity index (χ0v) is 16.5. The highest BCUT2D eigenvalue weighted by Crippen LogP contribution is 2.37. The van der Waals surface area contributed by atoms with Crippen LogP contribution < -0.4 is 10.6 Å². The van der Waals surface area contributed by atoms with Crippen LogP contribution in [0.5, 0.6) is 0 Å². The van der Waals surface area contributed by atoms with Gasteiger partial charge in [0.15, 0.2) is 0 Å². The molecule has 1 unspecified atom stereocenters. The minimum atomic E-state index is -0.610. The molecule has 0 fully saturated rings. The number of carbonyl (C=O) groups is 1. The quantitative estimate of drug-likeness (QED) is 0.658. The van der Waals surface area contributed by atoms with E-state index in [0.717, 1.165) is 16.8 Å². The van der Waals surface area contributed by atoms with Gasteiger partial charge in [0.05, 0.1) is 28.9 Å². The molecule has 2 amide bonds. The Morgan fingerprint density at radius 2 is 1.90 bits per heavy atom. The number of nitrogens with zero attached hydrogens (tertiary/aromatic N) is 3. The van der Waals surface area contributed by atoms with Crippen LogP contribution in [0.4, 0.5) is 9.18 Å². The van der Waals surface area contributed by atoms with Crippen LogP contribution in [0.25, 0.3) is 16.8 Å². The second-order valence-corrected chi connectivity index (χ2v) is 7.51. The average Bonchev–Trinajstić information content (AvgIpc) is 3.23. The number of thiazole rings is 1. The van der Waals surface area contributed by atoms with Crippen LogP contribution in [0, 0.1) is 28.5 Å². The summed E-state index contributed by atoms with van der Waals surface area (Å²) in [6.07, 6.45) is 0. The molecule has 4 rings (SSSR count). The van der Waals surface area contributed by atoms with Crippen LogP contribution in [0.15, 0.2) is 53.5 Å². The largest absolute Gasteiger partial charge is 0.327 e. The standard InChI is InChI=1S/C22H14FN5OS/c1-12-19(21-27-18(11-30-21)14-4-2-13(9-24)3-5-14)20(28-22(29)26-12)15-6-7-17(23)16(8-15)10-25/h2-8,11,20H,1H3,(H2,26,28,29). The van der Waals surface area contributed by atoms with Crippen LogP contribution in [-0.4, -0.2) is 11.0 Å². The highest BCUT2D eigenvalue weighted by atomic mass is 32.1. The molecule has 0 radical (unpaired) electrons. The summed E-state index contributed by atoms with van der Waals surface area (Å²) in [6.45, 7) is 1.78. The van der Waals surface area contributed by atoms with E-state index in [1.54, 1.807) is 25.1 Å². The number of hydrogen-bond donors (Lipinski definition) is 2. The SMILES string of the molecule is CC1=C(c2nc(-c3ccc(C#N)cc3)cs2)C(c2ccc(F)c(C#N)c2)NC(=O)N1. The third-order valence-corrected chi connectivity index (χ3v) is 5.63. The van der Waals surface area contributed by atoms with Crippen molar-refractivity contribution >= 4 is 22.9 Å². The summed E-state index contributed by atoms with van der Waals surface area (Å²) < 4.78 is 13.8. The molecule has 2 heterocycles. The molecule has 146 valence electrons. The van der Waals surface area contributed by atoms with Crippen molar-refractivity contribution in [2.75, 3.05) is 0 Å². The topological polar surface area (TPSA) is 102 Å². The molecule has 0 saturated heterocycles. The fourth-order valence-electron chi connectivity index (χ4n) is 3.28. The Balaban J connectivity index is 1.76. The number of amides is 2. The minimum Gasteiger partial charge on any atom is -0.327 e. The van der Waals surface area contributed by atoms with Crippen molar-refractivity contribution in [3.63, 3.8) is 0 Å². The van der Waals surface area contributed by atoms with Gasteiger partial charge in [-0.3, -0.25) is 0 Å². The summed E-state index contributed by atoms with van der Waals surface area (Å²) in [5, 5.41) is 26.3. The van der Waals surface area contributed by atoms with Gasteiger partial charge in [0.2, 0.25) is 0 Å². The van der Waals surface area contributed by atoms with Gasteiger partial charge in [-0.05, 0) is 36.8 Å². The summed E-state index contributed by atoms with van der Waals surface area (Å²) in [5.41, 5.74) is 4.06. The number of rotatable bonds is 3. The highest BCUT2D eigenvalue weighted by Gasteiger charge is 2.30. The molecule has 8 heteroatoms. The van der Waals surface area contributed by atoms with Gasteiger partial charge < -0.3 is 10.6 Å². The van der Waals surface area contributed by atoms with Crippen LogP contribution >= 0.6 is 11.3 Å². The Morgan fingerprint density at radius 3 is 2.60 bits per heavy atom. The number of benzene rings is 2. The number of halogens is 1. The maximum Gasteiger partial charge on any atom is 0.319 e. The predicted octanol–water partition coefficient (Wildman–Crippen LogP) is 4.48. The molecular formula is C22H14FN5OS. The van der Waals surface area contributed by atoms with Crippen LogP contribution in [0.3, 0.4) is 0 Å². The Morgan fingerprint density at radius 1 is 1.13 bits per heavy atom. The van der Waals surface area contributed by atoms with Gasteiger partial charge in [-0.25, -0.2) is 14.2 Å². The van der Waals surface area contributed by atoms with Crippen LogP contribution in [-0.2, 0) is 0 Å². The first kappa shape index (κ1) is 19.3. The van der Waals surface area contributed by atoms with E-state index in [2.05, 4.69) is 16.7 Å². The van der Waals surface area contributed by atoms with Gasteiger partial charge in [0.25, 0.3) is 0 Å². The maximum absolute atomic E-state index is 13.8. The lowest BCUT2D eigenvalue weighted by Crippen LogP contribution is -2.42. The normalized spacial score (nSPS) is 15.7. The van der Waals surface area contributed by atoms with Gasteiger partial charge in [0.1, 0.15) is 16.9 Å². The van der Waals surface area contributed by atoms with Crippen molar-refractivity contribution in [1.29, 1.82) is 10.5 Å². The van der Waals surface area contributed by atoms with Crippen molar-refractivity contribution in [2.45, 2.75) is 13.0 Å². The van der Waals surface area contributed by atoms with E-state index in [1.165, 1.54) is 23.5 Å². The monoisotopic (exact) mass is 415 g/mol. The first-order valence-electron chi connectivity index (χ1n) is 8.94. The highest BCUT2D eigenvalue weighted by molar-refractivity contribution is 7.11. The number of nitriles is 2. The number of hydrogen-bond acceptors (Lipinski definition) is 5. The van der Waals surface area contributed by atoms with Crippen molar-refractivity contribution in [2.24, 2.45) is 0 Å². The fraction of sp³-hybridized carbons (Fsp3) is 0.0909. The zero-order valence-electron chi connectivity index (χ0n) is 15.7. The number of urea groups is 1. The maximum atomic E-state index is 13.8. The lowest BCUT2D eigenvalue weighted by Gasteiger charge is -2.28. The Hall–Kier alpha value is -4.01. The van der Waals surface area contributed by atoms with Gasteiger partial charge in [-0.2, -0.15) is 10.5 Å². The van der Waals surface area contributed by atoms with Crippen molar-refractivity contribution in [3.05, 3.63) is 81.1 Å². The van der Waals surface area contributed by atoms with E-state index in [0.29, 0.717) is 21.8 Å². The summed E-state index contributed by atoms with van der Waals surface area (Å²) in [7, 11) is 0. The molecule has 0 aliphatic carbocycles. The second kappa shape index (κ2) is 7.78. The Kier molecular flexibility index (Phi) is 5.01. The third kappa shape index (κ3) is 3.52. The average molecular weight is 415 g/mol. The van der Waals surface area contributed by atoms with E-state index in [-0.39, 0.29) is 11.6 Å². The molecule has 3 aromatic rings. The molecule has 1 aliphatic rings. The Bertz CT molecular complexity index is 1260. The van der Waals surface area contributed by atoms with Crippen molar-refractivity contribution in [1.82, 2.24) is 15.6 Å². The number of allylic oxidation sites excluding steroid dienone is 1. The summed E-state index contributed by atoms with van der Waals surface area (Å²) >= 11 is 1.41. The van der Waals surface area contributed by atoms with Gasteiger partial charge in [-0.15, -0.1) is 11.3 Å². The molecule has 0 bridgehead atoms. The van der Waals surface area contributed by atoms with E-state index >= 15 is 0 Å². The zero-order chi connectivity index (χ0) is 21.3. The van der Waals surface area contributed by atoms with Gasteiger partial charge in [0, 0.05) is 22.2 Å². The number of nitrogens with one attached hydrogen (secondary N) is 2. The molecule has 2 aromatic carbocycles. The first-order chi connectivity index (χ1) is 14.5. The molecule has 6 nitrogen and oxygen atoms in total. The van der Waals surface area contributed by atoms with Crippen molar-refractivity contribution in [3.8, 4) is 23.4 Å². The lowest BCUT2D eigenvalue weighted by molar-refractivity contribution is 0.240. The lowest BCUT2D eigenvalue weighted by atomic mass is 9.94. The molecule has 30 heavy (non-hydrogen) atoms. The summed E-state index contributed by atoms with van der Waals surface area (Å²) in [5.74, 6) is -0.610. The molecule has 1 aliphatic heterocycles.